The zero-order valence-corrected chi connectivity index (χ0v) is 19.7. The monoisotopic (exact) mass is 469 g/mol. The summed E-state index contributed by atoms with van der Waals surface area (Å²) in [6.45, 7) is 5.37. The third-order valence-corrected chi connectivity index (χ3v) is 5.49. The van der Waals surface area contributed by atoms with Gasteiger partial charge in [0.1, 0.15) is 11.5 Å². The Morgan fingerprint density at radius 1 is 1.03 bits per heavy atom. The average Bonchev–Trinajstić information content (AvgIpc) is 3.09. The maximum absolute atomic E-state index is 13.1. The summed E-state index contributed by atoms with van der Waals surface area (Å²) in [6.07, 6.45) is 1.38. The normalized spacial score (nSPS) is 17.3. The minimum atomic E-state index is -0.840. The van der Waals surface area contributed by atoms with E-state index in [-0.39, 0.29) is 29.4 Å². The van der Waals surface area contributed by atoms with E-state index in [2.05, 4.69) is 0 Å². The van der Waals surface area contributed by atoms with Crippen LogP contribution in [-0.2, 0) is 14.3 Å². The van der Waals surface area contributed by atoms with Crippen molar-refractivity contribution in [3.05, 3.63) is 59.2 Å². The molecule has 1 atom stereocenters. The number of carbonyl (C=O) groups is 2. The number of aromatic hydroxyl groups is 1. The number of benzene rings is 2. The standard InChI is InChI=1S/C26H31NO7/c1-4-14-34-19-10-7-17(8-11-19)24(29)22-23(18-9-12-20(28)21(16-18)33-5-2)27(13-6-15-32-3)26(31)25(22)30/h7-12,16,23,28-29H,4-6,13-15H2,1-3H3/b24-22+. The van der Waals surface area contributed by atoms with Gasteiger partial charge in [-0.15, -0.1) is 0 Å². The molecule has 2 aromatic carbocycles. The molecule has 1 fully saturated rings. The number of amides is 1. The van der Waals surface area contributed by atoms with Crippen LogP contribution in [0.25, 0.3) is 5.76 Å². The van der Waals surface area contributed by atoms with Crippen molar-refractivity contribution >= 4 is 17.4 Å². The first kappa shape index (κ1) is 25.1. The molecular weight excluding hydrogens is 438 g/mol. The first-order valence-electron chi connectivity index (χ1n) is 11.4. The minimum Gasteiger partial charge on any atom is -0.507 e. The molecule has 0 saturated carbocycles. The molecular formula is C26H31NO7. The number of phenols is 1. The maximum Gasteiger partial charge on any atom is 0.295 e. The molecule has 2 N–H and O–H groups in total. The van der Waals surface area contributed by atoms with Crippen LogP contribution in [0.5, 0.6) is 17.2 Å². The average molecular weight is 470 g/mol. The van der Waals surface area contributed by atoms with E-state index in [9.17, 15) is 19.8 Å². The van der Waals surface area contributed by atoms with Crippen molar-refractivity contribution in [1.29, 1.82) is 0 Å². The molecule has 0 radical (unpaired) electrons. The Kier molecular flexibility index (Phi) is 8.54. The molecule has 3 rings (SSSR count). The first-order chi connectivity index (χ1) is 16.4. The van der Waals surface area contributed by atoms with Crippen molar-refractivity contribution < 1.29 is 34.0 Å². The van der Waals surface area contributed by atoms with Gasteiger partial charge in [0.05, 0.1) is 24.8 Å². The number of aliphatic hydroxyl groups excluding tert-OH is 1. The highest BCUT2D eigenvalue weighted by Crippen LogP contribution is 2.42. The van der Waals surface area contributed by atoms with E-state index < -0.39 is 17.7 Å². The van der Waals surface area contributed by atoms with E-state index in [0.29, 0.717) is 43.1 Å². The number of phenolic OH excluding ortho intramolecular Hbond substituents is 1. The van der Waals surface area contributed by atoms with Gasteiger partial charge in [-0.2, -0.15) is 0 Å². The van der Waals surface area contributed by atoms with E-state index in [1.165, 1.54) is 11.0 Å². The number of likely N-dealkylation sites (tertiary alicyclic amines) is 1. The second-order valence-electron chi connectivity index (χ2n) is 7.87. The van der Waals surface area contributed by atoms with Crippen LogP contribution in [0.2, 0.25) is 0 Å². The Morgan fingerprint density at radius 2 is 1.76 bits per heavy atom. The Hall–Kier alpha value is -3.52. The zero-order chi connectivity index (χ0) is 24.7. The zero-order valence-electron chi connectivity index (χ0n) is 19.7. The molecule has 1 amide bonds. The number of Topliss-reactive ketones (excluding diaryl/α,β-unsaturated/α-hetero) is 1. The van der Waals surface area contributed by atoms with Gasteiger partial charge in [0, 0.05) is 25.8 Å². The lowest BCUT2D eigenvalue weighted by Crippen LogP contribution is -2.31. The predicted octanol–water partition coefficient (Wildman–Crippen LogP) is 4.04. The molecule has 182 valence electrons. The summed E-state index contributed by atoms with van der Waals surface area (Å²) in [5.74, 6) is -0.904. The number of carbonyl (C=O) groups excluding carboxylic acids is 2. The Morgan fingerprint density at radius 3 is 2.41 bits per heavy atom. The second kappa shape index (κ2) is 11.6. The van der Waals surface area contributed by atoms with Crippen LogP contribution in [0.3, 0.4) is 0 Å². The van der Waals surface area contributed by atoms with Gasteiger partial charge >= 0.3 is 0 Å². The van der Waals surface area contributed by atoms with Crippen molar-refractivity contribution in [2.75, 3.05) is 33.5 Å². The van der Waals surface area contributed by atoms with Crippen LogP contribution in [0, 0.1) is 0 Å². The van der Waals surface area contributed by atoms with Gasteiger partial charge in [-0.3, -0.25) is 9.59 Å². The number of hydrogen-bond donors (Lipinski definition) is 2. The van der Waals surface area contributed by atoms with Crippen molar-refractivity contribution in [3.8, 4) is 17.2 Å². The van der Waals surface area contributed by atoms with Crippen LogP contribution in [0.1, 0.15) is 43.9 Å². The summed E-state index contributed by atoms with van der Waals surface area (Å²) in [4.78, 5) is 27.5. The number of rotatable bonds is 11. The van der Waals surface area contributed by atoms with Gasteiger partial charge in [-0.1, -0.05) is 13.0 Å². The Bertz CT molecular complexity index is 1050. The van der Waals surface area contributed by atoms with Crippen LogP contribution in [-0.4, -0.2) is 60.3 Å². The number of ketones is 1. The SMILES string of the molecule is CCCOc1ccc(/C(O)=C2\C(=O)C(=O)N(CCCOC)C2c2ccc(O)c(OCC)c2)cc1. The van der Waals surface area contributed by atoms with E-state index in [4.69, 9.17) is 14.2 Å². The quantitative estimate of drug-likeness (QED) is 0.221. The fourth-order valence-corrected chi connectivity index (χ4v) is 3.89. The molecule has 34 heavy (non-hydrogen) atoms. The molecule has 2 aromatic rings. The number of ether oxygens (including phenoxy) is 3. The molecule has 1 saturated heterocycles. The second-order valence-corrected chi connectivity index (χ2v) is 7.87. The highest BCUT2D eigenvalue weighted by Gasteiger charge is 2.46. The molecule has 0 aliphatic carbocycles. The predicted molar refractivity (Wildman–Crippen MR) is 127 cm³/mol. The third kappa shape index (κ3) is 5.34. The molecule has 0 bridgehead atoms. The smallest absolute Gasteiger partial charge is 0.295 e. The number of methoxy groups -OCH3 is 1. The van der Waals surface area contributed by atoms with Crippen molar-refractivity contribution in [3.63, 3.8) is 0 Å². The summed E-state index contributed by atoms with van der Waals surface area (Å²) in [7, 11) is 1.56. The molecule has 1 aliphatic rings. The van der Waals surface area contributed by atoms with Crippen LogP contribution in [0.4, 0.5) is 0 Å². The molecule has 1 aliphatic heterocycles. The molecule has 1 unspecified atom stereocenters. The van der Waals surface area contributed by atoms with Gasteiger partial charge in [0.15, 0.2) is 11.5 Å². The number of hydrogen-bond acceptors (Lipinski definition) is 7. The Labute approximate surface area is 199 Å². The molecule has 8 heteroatoms. The summed E-state index contributed by atoms with van der Waals surface area (Å²) in [5, 5.41) is 21.3. The van der Waals surface area contributed by atoms with E-state index in [1.807, 2.05) is 6.92 Å². The summed E-state index contributed by atoms with van der Waals surface area (Å²) >= 11 is 0. The summed E-state index contributed by atoms with van der Waals surface area (Å²) in [6, 6.07) is 10.5. The number of aliphatic hydroxyl groups is 1. The van der Waals surface area contributed by atoms with Crippen LogP contribution in [0.15, 0.2) is 48.0 Å². The van der Waals surface area contributed by atoms with Gasteiger partial charge < -0.3 is 29.3 Å². The molecule has 8 nitrogen and oxygen atoms in total. The lowest BCUT2D eigenvalue weighted by Gasteiger charge is -2.25. The highest BCUT2D eigenvalue weighted by molar-refractivity contribution is 6.46. The van der Waals surface area contributed by atoms with Crippen LogP contribution < -0.4 is 9.47 Å². The molecule has 1 heterocycles. The fraction of sp³-hybridized carbons (Fsp3) is 0.385. The topological polar surface area (TPSA) is 106 Å². The summed E-state index contributed by atoms with van der Waals surface area (Å²) < 4.78 is 16.2. The lowest BCUT2D eigenvalue weighted by atomic mass is 9.95. The lowest BCUT2D eigenvalue weighted by molar-refractivity contribution is -0.140. The van der Waals surface area contributed by atoms with E-state index in [0.717, 1.165) is 6.42 Å². The van der Waals surface area contributed by atoms with Crippen molar-refractivity contribution in [1.82, 2.24) is 4.90 Å². The van der Waals surface area contributed by atoms with E-state index >= 15 is 0 Å². The minimum absolute atomic E-state index is 0.0159. The van der Waals surface area contributed by atoms with Gasteiger partial charge in [0.25, 0.3) is 11.7 Å². The van der Waals surface area contributed by atoms with Crippen molar-refractivity contribution in [2.45, 2.75) is 32.7 Å². The largest absolute Gasteiger partial charge is 0.507 e. The third-order valence-electron chi connectivity index (χ3n) is 5.49. The van der Waals surface area contributed by atoms with Gasteiger partial charge in [-0.05, 0) is 61.7 Å². The molecule has 0 spiro atoms. The number of nitrogens with zero attached hydrogens (tertiary/aromatic N) is 1. The van der Waals surface area contributed by atoms with E-state index in [1.54, 1.807) is 50.4 Å². The molecule has 0 aromatic heterocycles. The highest BCUT2D eigenvalue weighted by atomic mass is 16.5. The van der Waals surface area contributed by atoms with Crippen LogP contribution >= 0.6 is 0 Å². The first-order valence-corrected chi connectivity index (χ1v) is 11.4. The maximum atomic E-state index is 13.1. The van der Waals surface area contributed by atoms with Crippen molar-refractivity contribution in [2.24, 2.45) is 0 Å². The van der Waals surface area contributed by atoms with Gasteiger partial charge in [-0.25, -0.2) is 0 Å². The summed E-state index contributed by atoms with van der Waals surface area (Å²) in [5.41, 5.74) is 0.924. The van der Waals surface area contributed by atoms with Gasteiger partial charge in [0.2, 0.25) is 0 Å². The Balaban J connectivity index is 2.08. The fourth-order valence-electron chi connectivity index (χ4n) is 3.89.